The minimum atomic E-state index is -0.641. The van der Waals surface area contributed by atoms with Crippen LogP contribution < -0.4 is 0 Å². The van der Waals surface area contributed by atoms with Crippen molar-refractivity contribution in [1.29, 1.82) is 0 Å². The Hall–Kier alpha value is -0.860. The summed E-state index contributed by atoms with van der Waals surface area (Å²) in [5.41, 5.74) is 0.327. The molecule has 0 unspecified atom stereocenters. The van der Waals surface area contributed by atoms with Crippen molar-refractivity contribution in [2.24, 2.45) is 4.99 Å². The lowest BCUT2D eigenvalue weighted by Crippen LogP contribution is -2.13. The lowest BCUT2D eigenvalue weighted by molar-refractivity contribution is 0.381. The van der Waals surface area contributed by atoms with E-state index in [9.17, 15) is 4.79 Å². The highest BCUT2D eigenvalue weighted by molar-refractivity contribution is 9.10. The minimum absolute atomic E-state index is 0.641. The fourth-order valence-electron chi connectivity index (χ4n) is 1.22. The normalized spacial score (nSPS) is 11.1. The van der Waals surface area contributed by atoms with Crippen LogP contribution in [0.4, 0.5) is 0 Å². The van der Waals surface area contributed by atoms with E-state index in [0.717, 1.165) is 5.56 Å². The van der Waals surface area contributed by atoms with Gasteiger partial charge in [-0.05, 0) is 48.3 Å². The zero-order valence-corrected chi connectivity index (χ0v) is 9.31. The van der Waals surface area contributed by atoms with Gasteiger partial charge in [-0.15, -0.1) is 0 Å². The van der Waals surface area contributed by atoms with Crippen molar-refractivity contribution < 1.29 is 9.21 Å². The number of nitrogens with zero attached hydrogens (tertiary/aromatic N) is 1. The summed E-state index contributed by atoms with van der Waals surface area (Å²) in [5.74, 6) is 0.683. The van der Waals surface area contributed by atoms with Crippen LogP contribution in [-0.4, -0.2) is 6.08 Å². The van der Waals surface area contributed by atoms with Gasteiger partial charge >= 0.3 is 0 Å². The molecule has 0 fully saturated rings. The molecule has 0 N–H and O–H groups in total. The summed E-state index contributed by atoms with van der Waals surface area (Å²) in [6.45, 7) is 5.51. The van der Waals surface area contributed by atoms with Gasteiger partial charge in [0.15, 0.2) is 4.67 Å². The lowest BCUT2D eigenvalue weighted by Gasteiger charge is -2.14. The number of hydrogen-bond donors (Lipinski definition) is 0. The molecule has 1 aromatic rings. The maximum atomic E-state index is 10.2. The lowest BCUT2D eigenvalue weighted by atomic mass is 10.00. The molecule has 0 spiro atoms. The van der Waals surface area contributed by atoms with E-state index in [0.29, 0.717) is 10.4 Å². The molecule has 1 heterocycles. The Morgan fingerprint density at radius 3 is 2.62 bits per heavy atom. The van der Waals surface area contributed by atoms with Crippen LogP contribution in [-0.2, 0) is 10.3 Å². The average Bonchev–Trinajstić information content (AvgIpc) is 2.30. The maximum Gasteiger partial charge on any atom is 0.235 e. The summed E-state index contributed by atoms with van der Waals surface area (Å²) in [7, 11) is 0. The first-order chi connectivity index (χ1) is 5.97. The first kappa shape index (κ1) is 10.2. The topological polar surface area (TPSA) is 42.6 Å². The van der Waals surface area contributed by atoms with Crippen LogP contribution in [0.25, 0.3) is 0 Å². The molecular formula is C9H10BrNO2. The van der Waals surface area contributed by atoms with Crippen molar-refractivity contribution in [3.8, 4) is 0 Å². The van der Waals surface area contributed by atoms with E-state index >= 15 is 0 Å². The molecule has 0 aliphatic heterocycles. The molecule has 0 aromatic carbocycles. The zero-order chi connectivity index (χ0) is 10.1. The maximum absolute atomic E-state index is 10.2. The van der Waals surface area contributed by atoms with Crippen LogP contribution in [0.15, 0.2) is 20.1 Å². The van der Waals surface area contributed by atoms with E-state index in [1.54, 1.807) is 19.9 Å². The summed E-state index contributed by atoms with van der Waals surface area (Å²) in [6, 6.07) is 1.84. The van der Waals surface area contributed by atoms with Gasteiger partial charge in [0.05, 0.1) is 0 Å². The molecule has 3 nitrogen and oxygen atoms in total. The standard InChI is InChI=1S/C9H10BrNO2/c1-6-4-7(10)13-8(6)9(2,3)11-5-12/h4H,1-3H3. The highest BCUT2D eigenvalue weighted by Crippen LogP contribution is 2.31. The van der Waals surface area contributed by atoms with Crippen molar-refractivity contribution in [2.45, 2.75) is 26.3 Å². The Kier molecular flexibility index (Phi) is 2.74. The SMILES string of the molecule is Cc1cc(Br)oc1C(C)(C)N=C=O. The summed E-state index contributed by atoms with van der Waals surface area (Å²) >= 11 is 3.22. The van der Waals surface area contributed by atoms with Crippen LogP contribution in [0.1, 0.15) is 25.2 Å². The molecule has 4 heteroatoms. The summed E-state index contributed by atoms with van der Waals surface area (Å²) in [5, 5.41) is 0. The van der Waals surface area contributed by atoms with Crippen LogP contribution in [0.2, 0.25) is 0 Å². The van der Waals surface area contributed by atoms with Gasteiger partial charge in [0.25, 0.3) is 0 Å². The monoisotopic (exact) mass is 243 g/mol. The Labute approximate surface area is 85.0 Å². The molecule has 0 atom stereocenters. The van der Waals surface area contributed by atoms with E-state index in [1.807, 2.05) is 13.0 Å². The second-order valence-electron chi connectivity index (χ2n) is 3.32. The van der Waals surface area contributed by atoms with Gasteiger partial charge in [-0.25, -0.2) is 4.79 Å². The van der Waals surface area contributed by atoms with Crippen molar-refractivity contribution >= 4 is 22.0 Å². The Bertz CT molecular complexity index is 362. The van der Waals surface area contributed by atoms with E-state index in [1.165, 1.54) is 0 Å². The van der Waals surface area contributed by atoms with Crippen LogP contribution in [0.5, 0.6) is 0 Å². The first-order valence-corrected chi connectivity index (χ1v) is 4.62. The van der Waals surface area contributed by atoms with Gasteiger partial charge in [0.2, 0.25) is 6.08 Å². The average molecular weight is 244 g/mol. The van der Waals surface area contributed by atoms with E-state index in [2.05, 4.69) is 20.9 Å². The van der Waals surface area contributed by atoms with Crippen LogP contribution in [0, 0.1) is 6.92 Å². The van der Waals surface area contributed by atoms with E-state index < -0.39 is 5.54 Å². The smallest absolute Gasteiger partial charge is 0.235 e. The van der Waals surface area contributed by atoms with E-state index in [-0.39, 0.29) is 0 Å². The third-order valence-corrected chi connectivity index (χ3v) is 2.16. The van der Waals surface area contributed by atoms with Gasteiger partial charge in [0.1, 0.15) is 11.3 Å². The van der Waals surface area contributed by atoms with E-state index in [4.69, 9.17) is 4.42 Å². The zero-order valence-electron chi connectivity index (χ0n) is 7.72. The molecule has 70 valence electrons. The molecule has 1 aromatic heterocycles. The van der Waals surface area contributed by atoms with Gasteiger partial charge < -0.3 is 4.42 Å². The van der Waals surface area contributed by atoms with Crippen molar-refractivity contribution in [3.63, 3.8) is 0 Å². The number of hydrogen-bond acceptors (Lipinski definition) is 3. The molecular weight excluding hydrogens is 234 g/mol. The van der Waals surface area contributed by atoms with Crippen molar-refractivity contribution in [3.05, 3.63) is 22.1 Å². The Morgan fingerprint density at radius 2 is 2.23 bits per heavy atom. The third-order valence-electron chi connectivity index (χ3n) is 1.77. The van der Waals surface area contributed by atoms with Gasteiger partial charge in [0, 0.05) is 0 Å². The molecule has 0 amide bonds. The van der Waals surface area contributed by atoms with Gasteiger partial charge in [-0.1, -0.05) is 0 Å². The highest BCUT2D eigenvalue weighted by Gasteiger charge is 2.26. The van der Waals surface area contributed by atoms with Crippen LogP contribution in [0.3, 0.4) is 0 Å². The Balaban J connectivity index is 3.20. The molecule has 0 saturated carbocycles. The number of rotatable bonds is 2. The quantitative estimate of drug-likeness (QED) is 0.592. The molecule has 0 radical (unpaired) electrons. The molecule has 1 rings (SSSR count). The molecule has 0 aliphatic carbocycles. The summed E-state index contributed by atoms with van der Waals surface area (Å²) < 4.78 is 6.02. The second-order valence-corrected chi connectivity index (χ2v) is 4.11. The fraction of sp³-hybridized carbons (Fsp3) is 0.444. The predicted octanol–water partition coefficient (Wildman–Crippen LogP) is 2.92. The third kappa shape index (κ3) is 2.08. The number of furan rings is 1. The summed E-state index contributed by atoms with van der Waals surface area (Å²) in [4.78, 5) is 13.8. The minimum Gasteiger partial charge on any atom is -0.451 e. The van der Waals surface area contributed by atoms with Crippen molar-refractivity contribution in [2.75, 3.05) is 0 Å². The first-order valence-electron chi connectivity index (χ1n) is 3.83. The number of carbonyl (C=O) groups excluding carboxylic acids is 1. The predicted molar refractivity (Wildman–Crippen MR) is 52.3 cm³/mol. The van der Waals surface area contributed by atoms with Crippen LogP contribution >= 0.6 is 15.9 Å². The highest BCUT2D eigenvalue weighted by atomic mass is 79.9. The largest absolute Gasteiger partial charge is 0.451 e. The molecule has 13 heavy (non-hydrogen) atoms. The molecule has 0 bridgehead atoms. The number of halogens is 1. The number of aryl methyl sites for hydroxylation is 1. The van der Waals surface area contributed by atoms with Gasteiger partial charge in [-0.2, -0.15) is 4.99 Å². The fourth-order valence-corrected chi connectivity index (χ4v) is 1.72. The Morgan fingerprint density at radius 1 is 1.62 bits per heavy atom. The number of aliphatic imine (C=N–C) groups is 1. The number of isocyanates is 1. The van der Waals surface area contributed by atoms with Crippen molar-refractivity contribution in [1.82, 2.24) is 0 Å². The second kappa shape index (κ2) is 3.48. The summed E-state index contributed by atoms with van der Waals surface area (Å²) in [6.07, 6.45) is 1.54. The van der Waals surface area contributed by atoms with Gasteiger partial charge in [-0.3, -0.25) is 0 Å². The molecule has 0 saturated heterocycles. The molecule has 0 aliphatic rings.